The highest BCUT2D eigenvalue weighted by Gasteiger charge is 2.13. The van der Waals surface area contributed by atoms with Crippen molar-refractivity contribution in [1.82, 2.24) is 0 Å². The molecule has 0 saturated carbocycles. The zero-order chi connectivity index (χ0) is 12.1. The van der Waals surface area contributed by atoms with Crippen LogP contribution in [0.15, 0.2) is 18.2 Å². The van der Waals surface area contributed by atoms with Gasteiger partial charge in [0.2, 0.25) is 0 Å². The van der Waals surface area contributed by atoms with E-state index in [4.69, 9.17) is 9.47 Å². The van der Waals surface area contributed by atoms with Crippen LogP contribution in [0.25, 0.3) is 0 Å². The summed E-state index contributed by atoms with van der Waals surface area (Å²) < 4.78 is 11.3. The summed E-state index contributed by atoms with van der Waals surface area (Å²) in [7, 11) is 1.37. The number of benzene rings is 1. The predicted molar refractivity (Wildman–Crippen MR) is 70.8 cm³/mol. The summed E-state index contributed by atoms with van der Waals surface area (Å²) in [6, 6.07) is 5.42. The van der Waals surface area contributed by atoms with Gasteiger partial charge in [-0.1, -0.05) is 13.8 Å². The van der Waals surface area contributed by atoms with E-state index < -0.39 is 0 Å². The zero-order valence-corrected chi connectivity index (χ0v) is 11.8. The molecule has 0 saturated heterocycles. The maximum absolute atomic E-state index is 11.5. The molecule has 0 aromatic heterocycles. The van der Waals surface area contributed by atoms with Crippen LogP contribution in [0, 0.1) is 9.49 Å². The summed E-state index contributed by atoms with van der Waals surface area (Å²) >= 11 is 2.18. The topological polar surface area (TPSA) is 35.5 Å². The molecule has 88 valence electrons. The molecular formula is C12H15IO3. The highest BCUT2D eigenvalue weighted by molar-refractivity contribution is 14.1. The van der Waals surface area contributed by atoms with Crippen LogP contribution < -0.4 is 4.74 Å². The molecule has 0 radical (unpaired) electrons. The molecule has 1 aromatic rings. The lowest BCUT2D eigenvalue weighted by molar-refractivity contribution is 0.0595. The van der Waals surface area contributed by atoms with Crippen LogP contribution >= 0.6 is 22.6 Å². The van der Waals surface area contributed by atoms with Gasteiger partial charge in [0.25, 0.3) is 0 Å². The average molecular weight is 334 g/mol. The Labute approximate surface area is 109 Å². The second-order valence-electron chi connectivity index (χ2n) is 3.84. The Morgan fingerprint density at radius 1 is 1.44 bits per heavy atom. The highest BCUT2D eigenvalue weighted by Crippen LogP contribution is 2.23. The summed E-state index contributed by atoms with van der Waals surface area (Å²) in [4.78, 5) is 11.5. The molecule has 0 unspecified atom stereocenters. The van der Waals surface area contributed by atoms with E-state index in [2.05, 4.69) is 36.4 Å². The number of hydrogen-bond acceptors (Lipinski definition) is 3. The van der Waals surface area contributed by atoms with Gasteiger partial charge in [0, 0.05) is 3.57 Å². The van der Waals surface area contributed by atoms with Gasteiger partial charge < -0.3 is 9.47 Å². The molecule has 0 aliphatic carbocycles. The van der Waals surface area contributed by atoms with Crippen LogP contribution in [0.2, 0.25) is 0 Å². The molecular weight excluding hydrogens is 319 g/mol. The first-order valence-corrected chi connectivity index (χ1v) is 6.13. The second kappa shape index (κ2) is 6.08. The minimum atomic E-state index is -0.366. The van der Waals surface area contributed by atoms with Crippen molar-refractivity contribution < 1.29 is 14.3 Å². The van der Waals surface area contributed by atoms with E-state index in [0.29, 0.717) is 23.8 Å². The fourth-order valence-corrected chi connectivity index (χ4v) is 1.61. The number of carbonyl (C=O) groups is 1. The van der Waals surface area contributed by atoms with Crippen molar-refractivity contribution in [1.29, 1.82) is 0 Å². The van der Waals surface area contributed by atoms with Gasteiger partial charge >= 0.3 is 5.97 Å². The van der Waals surface area contributed by atoms with Crippen molar-refractivity contribution in [3.05, 3.63) is 27.3 Å². The number of halogens is 1. The predicted octanol–water partition coefficient (Wildman–Crippen LogP) is 3.11. The molecule has 0 aliphatic heterocycles. The fourth-order valence-electron chi connectivity index (χ4n) is 1.15. The third kappa shape index (κ3) is 3.66. The number of rotatable bonds is 4. The first-order valence-electron chi connectivity index (χ1n) is 5.05. The van der Waals surface area contributed by atoms with Crippen molar-refractivity contribution in [2.24, 2.45) is 5.92 Å². The summed E-state index contributed by atoms with van der Waals surface area (Å²) in [5, 5.41) is 0. The van der Waals surface area contributed by atoms with Crippen molar-refractivity contribution in [3.8, 4) is 5.75 Å². The molecule has 4 heteroatoms. The van der Waals surface area contributed by atoms with E-state index in [9.17, 15) is 4.79 Å². The van der Waals surface area contributed by atoms with Crippen molar-refractivity contribution in [2.75, 3.05) is 13.7 Å². The molecule has 0 spiro atoms. The first kappa shape index (κ1) is 13.3. The summed E-state index contributed by atoms with van der Waals surface area (Å²) in [6.45, 7) is 4.71. The average Bonchev–Trinajstić information content (AvgIpc) is 2.25. The summed E-state index contributed by atoms with van der Waals surface area (Å²) in [6.07, 6.45) is 0. The van der Waals surface area contributed by atoms with E-state index in [0.717, 1.165) is 3.57 Å². The number of ether oxygens (including phenoxy) is 2. The Morgan fingerprint density at radius 3 is 2.69 bits per heavy atom. The maximum atomic E-state index is 11.5. The Hall–Kier alpha value is -0.780. The van der Waals surface area contributed by atoms with Gasteiger partial charge in [0.1, 0.15) is 11.3 Å². The van der Waals surface area contributed by atoms with Crippen LogP contribution in [-0.4, -0.2) is 19.7 Å². The molecule has 0 aliphatic rings. The summed E-state index contributed by atoms with van der Waals surface area (Å²) in [5.74, 6) is 0.644. The standard InChI is InChI=1S/C12H15IO3/c1-8(2)7-16-11-6-9(13)4-5-10(11)12(14)15-3/h4-6,8H,7H2,1-3H3. The van der Waals surface area contributed by atoms with Gasteiger partial charge in [0.05, 0.1) is 13.7 Å². The molecule has 1 aromatic carbocycles. The van der Waals surface area contributed by atoms with Crippen LogP contribution in [0.5, 0.6) is 5.75 Å². The molecule has 0 N–H and O–H groups in total. The third-order valence-electron chi connectivity index (χ3n) is 1.92. The molecule has 0 bridgehead atoms. The number of esters is 1. The number of methoxy groups -OCH3 is 1. The lowest BCUT2D eigenvalue weighted by Crippen LogP contribution is -2.09. The van der Waals surface area contributed by atoms with Gasteiger partial charge in [-0.25, -0.2) is 4.79 Å². The van der Waals surface area contributed by atoms with Crippen LogP contribution in [0.1, 0.15) is 24.2 Å². The van der Waals surface area contributed by atoms with E-state index in [1.54, 1.807) is 6.07 Å². The minimum Gasteiger partial charge on any atom is -0.492 e. The quantitative estimate of drug-likeness (QED) is 0.627. The maximum Gasteiger partial charge on any atom is 0.341 e. The van der Waals surface area contributed by atoms with Crippen molar-refractivity contribution >= 4 is 28.6 Å². The van der Waals surface area contributed by atoms with Gasteiger partial charge in [-0.15, -0.1) is 0 Å². The molecule has 0 fully saturated rings. The SMILES string of the molecule is COC(=O)c1ccc(I)cc1OCC(C)C. The highest BCUT2D eigenvalue weighted by atomic mass is 127. The van der Waals surface area contributed by atoms with Gasteiger partial charge in [0.15, 0.2) is 0 Å². The lowest BCUT2D eigenvalue weighted by Gasteiger charge is -2.12. The number of carbonyl (C=O) groups excluding carboxylic acids is 1. The molecule has 0 atom stereocenters. The van der Waals surface area contributed by atoms with E-state index in [1.807, 2.05) is 12.1 Å². The Bertz CT molecular complexity index is 375. The molecule has 0 heterocycles. The van der Waals surface area contributed by atoms with Crippen molar-refractivity contribution in [2.45, 2.75) is 13.8 Å². The van der Waals surface area contributed by atoms with E-state index in [-0.39, 0.29) is 5.97 Å². The largest absolute Gasteiger partial charge is 0.492 e. The first-order chi connectivity index (χ1) is 7.54. The van der Waals surface area contributed by atoms with Crippen molar-refractivity contribution in [3.63, 3.8) is 0 Å². The monoisotopic (exact) mass is 334 g/mol. The Balaban J connectivity index is 2.94. The van der Waals surface area contributed by atoms with Crippen LogP contribution in [0.3, 0.4) is 0 Å². The second-order valence-corrected chi connectivity index (χ2v) is 5.08. The molecule has 0 amide bonds. The molecule has 1 rings (SSSR count). The minimum absolute atomic E-state index is 0.366. The fraction of sp³-hybridized carbons (Fsp3) is 0.417. The van der Waals surface area contributed by atoms with Crippen LogP contribution in [-0.2, 0) is 4.74 Å². The van der Waals surface area contributed by atoms with Crippen LogP contribution in [0.4, 0.5) is 0 Å². The van der Waals surface area contributed by atoms with Gasteiger partial charge in [-0.3, -0.25) is 0 Å². The third-order valence-corrected chi connectivity index (χ3v) is 2.59. The lowest BCUT2D eigenvalue weighted by atomic mass is 10.2. The Kier molecular flexibility index (Phi) is 5.05. The van der Waals surface area contributed by atoms with Gasteiger partial charge in [-0.05, 0) is 46.7 Å². The molecule has 3 nitrogen and oxygen atoms in total. The summed E-state index contributed by atoms with van der Waals surface area (Å²) in [5.41, 5.74) is 0.476. The normalized spacial score (nSPS) is 10.3. The van der Waals surface area contributed by atoms with E-state index in [1.165, 1.54) is 7.11 Å². The van der Waals surface area contributed by atoms with Gasteiger partial charge in [-0.2, -0.15) is 0 Å². The van der Waals surface area contributed by atoms with E-state index >= 15 is 0 Å². The number of hydrogen-bond donors (Lipinski definition) is 0. The molecule has 16 heavy (non-hydrogen) atoms. The smallest absolute Gasteiger partial charge is 0.341 e. The Morgan fingerprint density at radius 2 is 2.12 bits per heavy atom. The zero-order valence-electron chi connectivity index (χ0n) is 9.62.